The number of phenolic OH excluding ortho intramolecular Hbond substituents is 1. The molecule has 1 N–H and O–H groups in total. The number of benzene rings is 2. The molecule has 0 spiro atoms. The number of para-hydroxylation sites is 1. The largest absolute Gasteiger partial charge is 0.503 e. The number of hydrogen-bond donors (Lipinski definition) is 1. The molecule has 5 heteroatoms. The number of rotatable bonds is 5. The third kappa shape index (κ3) is 3.67. The topological polar surface area (TPSA) is 32.7 Å². The van der Waals surface area contributed by atoms with Gasteiger partial charge in [0.15, 0.2) is 11.5 Å². The number of phenols is 1. The molecule has 0 aliphatic heterocycles. The molecule has 0 radical (unpaired) electrons. The van der Waals surface area contributed by atoms with E-state index in [4.69, 9.17) is 4.74 Å². The molecule has 0 heterocycles. The first-order chi connectivity index (χ1) is 10.0. The van der Waals surface area contributed by atoms with Gasteiger partial charge in [0.25, 0.3) is 0 Å². The molecule has 0 aliphatic carbocycles. The number of hydrogen-bond acceptors (Lipinski definition) is 3. The van der Waals surface area contributed by atoms with Gasteiger partial charge in [-0.15, -0.1) is 0 Å². The van der Waals surface area contributed by atoms with E-state index in [1.807, 2.05) is 18.9 Å². The van der Waals surface area contributed by atoms with Gasteiger partial charge in [-0.1, -0.05) is 12.1 Å². The molecule has 2 aromatic carbocycles. The molecule has 0 aromatic heterocycles. The van der Waals surface area contributed by atoms with E-state index < -0.39 is 0 Å². The van der Waals surface area contributed by atoms with E-state index >= 15 is 0 Å². The minimum atomic E-state index is -0.261. The van der Waals surface area contributed by atoms with Gasteiger partial charge in [-0.3, -0.25) is 0 Å². The number of anilines is 1. The number of nitrogens with zero attached hydrogens (tertiary/aromatic N) is 1. The Morgan fingerprint density at radius 2 is 2.00 bits per heavy atom. The summed E-state index contributed by atoms with van der Waals surface area (Å²) in [6.45, 7) is 2.82. The molecule has 0 atom stereocenters. The van der Waals surface area contributed by atoms with E-state index in [9.17, 15) is 9.50 Å². The Kier molecular flexibility index (Phi) is 5.07. The van der Waals surface area contributed by atoms with Crippen molar-refractivity contribution in [3.63, 3.8) is 0 Å². The minimum Gasteiger partial charge on any atom is -0.503 e. The molecule has 2 rings (SSSR count). The second kappa shape index (κ2) is 6.80. The fourth-order valence-corrected chi connectivity index (χ4v) is 2.59. The van der Waals surface area contributed by atoms with E-state index in [1.165, 1.54) is 6.07 Å². The summed E-state index contributed by atoms with van der Waals surface area (Å²) in [5.74, 6) is 0.237. The van der Waals surface area contributed by atoms with Crippen LogP contribution in [0.5, 0.6) is 11.5 Å². The van der Waals surface area contributed by atoms with Gasteiger partial charge < -0.3 is 14.7 Å². The summed E-state index contributed by atoms with van der Waals surface area (Å²) in [5.41, 5.74) is 1.44. The summed E-state index contributed by atoms with van der Waals surface area (Å²) in [6, 6.07) is 10.2. The van der Waals surface area contributed by atoms with Gasteiger partial charge in [0, 0.05) is 13.6 Å². The Hall–Kier alpha value is -1.75. The van der Waals surface area contributed by atoms with Crippen molar-refractivity contribution in [1.29, 1.82) is 0 Å². The van der Waals surface area contributed by atoms with Crippen molar-refractivity contribution in [2.45, 2.75) is 13.5 Å². The highest BCUT2D eigenvalue weighted by molar-refractivity contribution is 9.10. The highest BCUT2D eigenvalue weighted by Crippen LogP contribution is 2.36. The third-order valence-corrected chi connectivity index (χ3v) is 3.68. The molecule has 0 bridgehead atoms. The van der Waals surface area contributed by atoms with Crippen molar-refractivity contribution >= 4 is 21.6 Å². The number of aromatic hydroxyl groups is 1. The Labute approximate surface area is 132 Å². The molecule has 0 saturated carbocycles. The molecular weight excluding hydrogens is 337 g/mol. The van der Waals surface area contributed by atoms with E-state index in [2.05, 4.69) is 15.9 Å². The van der Waals surface area contributed by atoms with Gasteiger partial charge in [-0.2, -0.15) is 0 Å². The van der Waals surface area contributed by atoms with Crippen LogP contribution < -0.4 is 9.64 Å². The van der Waals surface area contributed by atoms with Gasteiger partial charge >= 0.3 is 0 Å². The smallest absolute Gasteiger partial charge is 0.172 e. The Bertz CT molecular complexity index is 634. The van der Waals surface area contributed by atoms with Gasteiger partial charge in [0.1, 0.15) is 5.82 Å². The van der Waals surface area contributed by atoms with Gasteiger partial charge in [-0.05, 0) is 52.7 Å². The van der Waals surface area contributed by atoms with Crippen LogP contribution in [0.2, 0.25) is 0 Å². The van der Waals surface area contributed by atoms with E-state index in [0.29, 0.717) is 29.1 Å². The average Bonchev–Trinajstić information content (AvgIpc) is 2.45. The van der Waals surface area contributed by atoms with Crippen LogP contribution in [0.3, 0.4) is 0 Å². The summed E-state index contributed by atoms with van der Waals surface area (Å²) in [4.78, 5) is 1.81. The van der Waals surface area contributed by atoms with Gasteiger partial charge in [0.05, 0.1) is 16.8 Å². The zero-order valence-corrected chi connectivity index (χ0v) is 13.5. The molecular formula is C16H17BrFNO2. The van der Waals surface area contributed by atoms with Crippen molar-refractivity contribution in [2.75, 3.05) is 18.6 Å². The summed E-state index contributed by atoms with van der Waals surface area (Å²) in [5, 5.41) is 9.90. The lowest BCUT2D eigenvalue weighted by atomic mass is 10.1. The van der Waals surface area contributed by atoms with Crippen molar-refractivity contribution in [1.82, 2.24) is 0 Å². The van der Waals surface area contributed by atoms with Crippen molar-refractivity contribution in [3.8, 4) is 11.5 Å². The normalized spacial score (nSPS) is 10.5. The first kappa shape index (κ1) is 15.6. The summed E-state index contributed by atoms with van der Waals surface area (Å²) < 4.78 is 19.7. The van der Waals surface area contributed by atoms with Gasteiger partial charge in [0.2, 0.25) is 0 Å². The molecule has 3 nitrogen and oxygen atoms in total. The van der Waals surface area contributed by atoms with Crippen molar-refractivity contribution in [2.24, 2.45) is 0 Å². The lowest BCUT2D eigenvalue weighted by molar-refractivity contribution is 0.317. The van der Waals surface area contributed by atoms with Crippen LogP contribution in [0.4, 0.5) is 10.1 Å². The lowest BCUT2D eigenvalue weighted by Crippen LogP contribution is -2.17. The van der Waals surface area contributed by atoms with Crippen LogP contribution in [0.25, 0.3) is 0 Å². The minimum absolute atomic E-state index is 0.0779. The fraction of sp³-hybridized carbons (Fsp3) is 0.250. The molecule has 0 saturated heterocycles. The molecule has 0 amide bonds. The highest BCUT2D eigenvalue weighted by atomic mass is 79.9. The molecule has 21 heavy (non-hydrogen) atoms. The zero-order valence-electron chi connectivity index (χ0n) is 11.9. The van der Waals surface area contributed by atoms with Crippen molar-refractivity contribution < 1.29 is 14.2 Å². The molecule has 0 fully saturated rings. The van der Waals surface area contributed by atoms with Crippen LogP contribution in [0.1, 0.15) is 12.5 Å². The molecule has 0 aliphatic rings. The maximum absolute atomic E-state index is 13.8. The van der Waals surface area contributed by atoms with Crippen LogP contribution in [0.15, 0.2) is 40.9 Å². The first-order valence-electron chi connectivity index (χ1n) is 6.62. The predicted molar refractivity (Wildman–Crippen MR) is 85.5 cm³/mol. The second-order valence-corrected chi connectivity index (χ2v) is 5.52. The van der Waals surface area contributed by atoms with Crippen LogP contribution in [-0.4, -0.2) is 18.8 Å². The van der Waals surface area contributed by atoms with E-state index in [1.54, 1.807) is 30.3 Å². The van der Waals surface area contributed by atoms with Crippen molar-refractivity contribution in [3.05, 3.63) is 52.3 Å². The standard InChI is InChI=1S/C16H17BrFNO2/c1-3-21-15-9-11(8-12(17)16(15)20)10-19(2)14-7-5-4-6-13(14)18/h4-9,20H,3,10H2,1-2H3. The molecule has 0 unspecified atom stereocenters. The highest BCUT2D eigenvalue weighted by Gasteiger charge is 2.12. The Morgan fingerprint density at radius 1 is 1.29 bits per heavy atom. The monoisotopic (exact) mass is 353 g/mol. The number of ether oxygens (including phenoxy) is 1. The van der Waals surface area contributed by atoms with E-state index in [0.717, 1.165) is 5.56 Å². The van der Waals surface area contributed by atoms with Crippen LogP contribution in [0, 0.1) is 5.82 Å². The third-order valence-electron chi connectivity index (χ3n) is 3.07. The van der Waals surface area contributed by atoms with Crippen LogP contribution >= 0.6 is 15.9 Å². The Balaban J connectivity index is 2.25. The lowest BCUT2D eigenvalue weighted by Gasteiger charge is -2.21. The summed E-state index contributed by atoms with van der Waals surface area (Å²) in [6.07, 6.45) is 0. The Morgan fingerprint density at radius 3 is 2.67 bits per heavy atom. The zero-order chi connectivity index (χ0) is 15.4. The summed E-state index contributed by atoms with van der Waals surface area (Å²) in [7, 11) is 1.82. The van der Waals surface area contributed by atoms with E-state index in [-0.39, 0.29) is 11.6 Å². The second-order valence-electron chi connectivity index (χ2n) is 4.66. The number of halogens is 2. The maximum Gasteiger partial charge on any atom is 0.172 e. The predicted octanol–water partition coefficient (Wildman–Crippen LogP) is 4.33. The first-order valence-corrected chi connectivity index (χ1v) is 7.42. The van der Waals surface area contributed by atoms with Crippen LogP contribution in [-0.2, 0) is 6.54 Å². The van der Waals surface area contributed by atoms with Gasteiger partial charge in [-0.25, -0.2) is 4.39 Å². The SMILES string of the molecule is CCOc1cc(CN(C)c2ccccc2F)cc(Br)c1O. The summed E-state index contributed by atoms with van der Waals surface area (Å²) >= 11 is 3.30. The maximum atomic E-state index is 13.8. The fourth-order valence-electron chi connectivity index (χ4n) is 2.10. The quantitative estimate of drug-likeness (QED) is 0.868. The molecule has 112 valence electrons. The average molecular weight is 354 g/mol. The molecule has 2 aromatic rings.